The van der Waals surface area contributed by atoms with Crippen LogP contribution in [0.2, 0.25) is 0 Å². The number of carbonyl (C=O) groups is 1. The standard InChI is InChI=1S/C18H21N5OS/c1-22(2)17(14-7-10-25-13-14)12-19-18(24)21-15-5-3-6-16(11-15)23-9-4-8-20-23/h3-11,13,17H,12H2,1-2H3,(H2,19,21,24). The van der Waals surface area contributed by atoms with Gasteiger partial charge >= 0.3 is 6.03 Å². The van der Waals surface area contributed by atoms with Crippen molar-refractivity contribution in [2.75, 3.05) is 26.0 Å². The van der Waals surface area contributed by atoms with Crippen LogP contribution in [0.15, 0.2) is 59.6 Å². The van der Waals surface area contributed by atoms with Crippen molar-refractivity contribution in [1.82, 2.24) is 20.0 Å². The molecule has 0 spiro atoms. The Balaban J connectivity index is 1.60. The Morgan fingerprint density at radius 2 is 2.20 bits per heavy atom. The Morgan fingerprint density at radius 3 is 2.88 bits per heavy atom. The van der Waals surface area contributed by atoms with E-state index in [-0.39, 0.29) is 12.1 Å². The molecule has 130 valence electrons. The van der Waals surface area contributed by atoms with Crippen LogP contribution < -0.4 is 10.6 Å². The van der Waals surface area contributed by atoms with Gasteiger partial charge in [-0.1, -0.05) is 6.07 Å². The van der Waals surface area contributed by atoms with Crippen molar-refractivity contribution in [2.45, 2.75) is 6.04 Å². The molecule has 0 radical (unpaired) electrons. The zero-order valence-electron chi connectivity index (χ0n) is 14.2. The number of nitrogens with zero attached hydrogens (tertiary/aromatic N) is 3. The highest BCUT2D eigenvalue weighted by Crippen LogP contribution is 2.20. The second-order valence-corrected chi connectivity index (χ2v) is 6.65. The van der Waals surface area contributed by atoms with Crippen molar-refractivity contribution >= 4 is 23.1 Å². The monoisotopic (exact) mass is 355 g/mol. The van der Waals surface area contributed by atoms with E-state index < -0.39 is 0 Å². The molecular weight excluding hydrogens is 334 g/mol. The minimum absolute atomic E-state index is 0.146. The first kappa shape index (κ1) is 17.2. The van der Waals surface area contributed by atoms with Gasteiger partial charge in [-0.25, -0.2) is 9.48 Å². The summed E-state index contributed by atoms with van der Waals surface area (Å²) in [5.41, 5.74) is 2.82. The largest absolute Gasteiger partial charge is 0.336 e. The molecule has 0 aliphatic heterocycles. The Kier molecular flexibility index (Phi) is 5.47. The first-order chi connectivity index (χ1) is 12.1. The third-order valence-electron chi connectivity index (χ3n) is 3.88. The van der Waals surface area contributed by atoms with E-state index in [4.69, 9.17) is 0 Å². The number of likely N-dealkylation sites (N-methyl/N-ethyl adjacent to an activating group) is 1. The number of aromatic nitrogens is 2. The molecule has 6 nitrogen and oxygen atoms in total. The fraction of sp³-hybridized carbons (Fsp3) is 0.222. The number of nitrogens with one attached hydrogen (secondary N) is 2. The number of benzene rings is 1. The maximum Gasteiger partial charge on any atom is 0.319 e. The average Bonchev–Trinajstić information content (AvgIpc) is 3.29. The van der Waals surface area contributed by atoms with Gasteiger partial charge in [0.1, 0.15) is 0 Å². The van der Waals surface area contributed by atoms with Crippen LogP contribution in [0, 0.1) is 0 Å². The number of anilines is 1. The lowest BCUT2D eigenvalue weighted by Crippen LogP contribution is -2.36. The normalized spacial score (nSPS) is 12.1. The summed E-state index contributed by atoms with van der Waals surface area (Å²) in [7, 11) is 4.02. The molecule has 3 aromatic rings. The molecule has 2 N–H and O–H groups in total. The molecule has 2 amide bonds. The van der Waals surface area contributed by atoms with Crippen molar-refractivity contribution < 1.29 is 4.79 Å². The number of thiophene rings is 1. The van der Waals surface area contributed by atoms with Gasteiger partial charge in [0, 0.05) is 24.6 Å². The number of hydrogen-bond acceptors (Lipinski definition) is 4. The number of carbonyl (C=O) groups excluding carboxylic acids is 1. The first-order valence-corrected chi connectivity index (χ1v) is 8.91. The molecule has 0 fully saturated rings. The van der Waals surface area contributed by atoms with Crippen molar-refractivity contribution in [2.24, 2.45) is 0 Å². The van der Waals surface area contributed by atoms with E-state index in [1.54, 1.807) is 22.2 Å². The quantitative estimate of drug-likeness (QED) is 0.713. The second kappa shape index (κ2) is 7.96. The number of hydrogen-bond donors (Lipinski definition) is 2. The number of amides is 2. The van der Waals surface area contributed by atoms with Crippen LogP contribution in [0.5, 0.6) is 0 Å². The van der Waals surface area contributed by atoms with Crippen LogP contribution in [-0.2, 0) is 0 Å². The molecule has 0 bridgehead atoms. The Hall–Kier alpha value is -2.64. The minimum atomic E-state index is -0.223. The van der Waals surface area contributed by atoms with E-state index in [0.29, 0.717) is 6.54 Å². The van der Waals surface area contributed by atoms with Gasteiger partial charge in [-0.15, -0.1) is 0 Å². The van der Waals surface area contributed by atoms with Crippen LogP contribution in [0.3, 0.4) is 0 Å². The fourth-order valence-corrected chi connectivity index (χ4v) is 3.28. The molecule has 0 aliphatic rings. The van der Waals surface area contributed by atoms with Gasteiger partial charge < -0.3 is 15.5 Å². The summed E-state index contributed by atoms with van der Waals surface area (Å²) >= 11 is 1.66. The minimum Gasteiger partial charge on any atom is -0.336 e. The molecule has 0 aliphatic carbocycles. The Bertz CT molecular complexity index is 799. The maximum absolute atomic E-state index is 12.2. The van der Waals surface area contributed by atoms with E-state index in [9.17, 15) is 4.79 Å². The summed E-state index contributed by atoms with van der Waals surface area (Å²) in [6.45, 7) is 0.536. The van der Waals surface area contributed by atoms with Crippen molar-refractivity contribution in [1.29, 1.82) is 0 Å². The molecule has 3 rings (SSSR count). The topological polar surface area (TPSA) is 62.2 Å². The summed E-state index contributed by atoms with van der Waals surface area (Å²) in [6.07, 6.45) is 3.58. The van der Waals surface area contributed by atoms with Gasteiger partial charge in [-0.05, 0) is 60.8 Å². The van der Waals surface area contributed by atoms with Gasteiger partial charge in [0.25, 0.3) is 0 Å². The number of urea groups is 1. The van der Waals surface area contributed by atoms with Crippen LogP contribution in [0.25, 0.3) is 5.69 Å². The summed E-state index contributed by atoms with van der Waals surface area (Å²) in [5, 5.41) is 14.2. The van der Waals surface area contributed by atoms with Crippen LogP contribution >= 0.6 is 11.3 Å². The molecule has 2 aromatic heterocycles. The molecule has 0 saturated carbocycles. The summed E-state index contributed by atoms with van der Waals surface area (Å²) in [5.74, 6) is 0. The smallest absolute Gasteiger partial charge is 0.319 e. The van der Waals surface area contributed by atoms with E-state index in [2.05, 4.69) is 32.1 Å². The van der Waals surface area contributed by atoms with Crippen molar-refractivity contribution in [3.8, 4) is 5.69 Å². The highest BCUT2D eigenvalue weighted by atomic mass is 32.1. The van der Waals surface area contributed by atoms with E-state index in [1.807, 2.05) is 56.0 Å². The lowest BCUT2D eigenvalue weighted by atomic mass is 10.1. The molecule has 1 unspecified atom stereocenters. The first-order valence-electron chi connectivity index (χ1n) is 7.97. The predicted octanol–water partition coefficient (Wildman–Crippen LogP) is 3.36. The molecule has 0 saturated heterocycles. The lowest BCUT2D eigenvalue weighted by Gasteiger charge is -2.24. The molecule has 7 heteroatoms. The molecule has 25 heavy (non-hydrogen) atoms. The van der Waals surface area contributed by atoms with Crippen LogP contribution in [0.4, 0.5) is 10.5 Å². The summed E-state index contributed by atoms with van der Waals surface area (Å²) < 4.78 is 1.75. The van der Waals surface area contributed by atoms with E-state index in [0.717, 1.165) is 11.4 Å². The van der Waals surface area contributed by atoms with Gasteiger partial charge in [0.05, 0.1) is 11.7 Å². The van der Waals surface area contributed by atoms with Gasteiger partial charge in [-0.3, -0.25) is 0 Å². The molecular formula is C18H21N5OS. The SMILES string of the molecule is CN(C)C(CNC(=O)Nc1cccc(-n2cccn2)c1)c1ccsc1. The van der Waals surface area contributed by atoms with Gasteiger partial charge in [0.2, 0.25) is 0 Å². The van der Waals surface area contributed by atoms with Gasteiger partial charge in [-0.2, -0.15) is 16.4 Å². The highest BCUT2D eigenvalue weighted by Gasteiger charge is 2.15. The zero-order valence-corrected chi connectivity index (χ0v) is 15.0. The molecule has 2 heterocycles. The highest BCUT2D eigenvalue weighted by molar-refractivity contribution is 7.07. The Morgan fingerprint density at radius 1 is 1.32 bits per heavy atom. The lowest BCUT2D eigenvalue weighted by molar-refractivity contribution is 0.243. The van der Waals surface area contributed by atoms with Crippen molar-refractivity contribution in [3.63, 3.8) is 0 Å². The van der Waals surface area contributed by atoms with E-state index in [1.165, 1.54) is 5.56 Å². The summed E-state index contributed by atoms with van der Waals surface area (Å²) in [6, 6.07) is 11.4. The van der Waals surface area contributed by atoms with Crippen LogP contribution in [-0.4, -0.2) is 41.4 Å². The third-order valence-corrected chi connectivity index (χ3v) is 4.58. The molecule has 1 atom stereocenters. The van der Waals surface area contributed by atoms with Crippen LogP contribution in [0.1, 0.15) is 11.6 Å². The van der Waals surface area contributed by atoms with Gasteiger partial charge in [0.15, 0.2) is 0 Å². The third kappa shape index (κ3) is 4.46. The zero-order chi connectivity index (χ0) is 17.6. The maximum atomic E-state index is 12.2. The summed E-state index contributed by atoms with van der Waals surface area (Å²) in [4.78, 5) is 14.3. The fourth-order valence-electron chi connectivity index (χ4n) is 2.58. The Labute approximate surface area is 151 Å². The second-order valence-electron chi connectivity index (χ2n) is 5.87. The van der Waals surface area contributed by atoms with Crippen molar-refractivity contribution in [3.05, 3.63) is 65.1 Å². The van der Waals surface area contributed by atoms with E-state index >= 15 is 0 Å². The molecule has 1 aromatic carbocycles. The number of rotatable bonds is 6. The average molecular weight is 355 g/mol. The predicted molar refractivity (Wildman–Crippen MR) is 101 cm³/mol.